The third-order valence-electron chi connectivity index (χ3n) is 3.01. The van der Waals surface area contributed by atoms with Crippen molar-refractivity contribution >= 4 is 9.84 Å². The van der Waals surface area contributed by atoms with Crippen LogP contribution in [0.3, 0.4) is 0 Å². The van der Waals surface area contributed by atoms with Gasteiger partial charge in [0.25, 0.3) is 0 Å². The summed E-state index contributed by atoms with van der Waals surface area (Å²) in [5, 5.41) is 12.0. The molecule has 1 aromatic carbocycles. The van der Waals surface area contributed by atoms with Crippen LogP contribution >= 0.6 is 0 Å². The summed E-state index contributed by atoms with van der Waals surface area (Å²) in [6, 6.07) is 3.80. The highest BCUT2D eigenvalue weighted by Crippen LogP contribution is 2.35. The Labute approximate surface area is 106 Å². The lowest BCUT2D eigenvalue weighted by Gasteiger charge is -2.12. The molecule has 1 aliphatic rings. The number of halogens is 1. The van der Waals surface area contributed by atoms with Crippen LogP contribution in [0, 0.1) is 5.82 Å². The van der Waals surface area contributed by atoms with Crippen LogP contribution in [-0.2, 0) is 9.84 Å². The molecule has 0 aliphatic heterocycles. The summed E-state index contributed by atoms with van der Waals surface area (Å²) in [5.74, 6) is -0.783. The Morgan fingerprint density at radius 3 is 2.67 bits per heavy atom. The second-order valence-electron chi connectivity index (χ2n) is 4.51. The van der Waals surface area contributed by atoms with Crippen molar-refractivity contribution in [2.45, 2.75) is 29.1 Å². The lowest BCUT2D eigenvalue weighted by atomic mass is 10.1. The molecule has 0 bridgehead atoms. The van der Waals surface area contributed by atoms with Gasteiger partial charge in [0.2, 0.25) is 0 Å². The predicted octanol–water partition coefficient (Wildman–Crippen LogP) is 1.01. The van der Waals surface area contributed by atoms with E-state index in [1.54, 1.807) is 7.05 Å². The molecule has 18 heavy (non-hydrogen) atoms. The van der Waals surface area contributed by atoms with E-state index in [0.29, 0.717) is 18.4 Å². The Morgan fingerprint density at radius 1 is 1.50 bits per heavy atom. The van der Waals surface area contributed by atoms with E-state index in [2.05, 4.69) is 5.32 Å². The predicted molar refractivity (Wildman–Crippen MR) is 65.5 cm³/mol. The van der Waals surface area contributed by atoms with E-state index in [4.69, 9.17) is 0 Å². The van der Waals surface area contributed by atoms with Gasteiger partial charge in [-0.1, -0.05) is 6.07 Å². The van der Waals surface area contributed by atoms with Gasteiger partial charge in [-0.15, -0.1) is 0 Å². The van der Waals surface area contributed by atoms with Crippen LogP contribution in [0.2, 0.25) is 0 Å². The average Bonchev–Trinajstić information content (AvgIpc) is 3.12. The molecule has 0 amide bonds. The Hall–Kier alpha value is -0.980. The topological polar surface area (TPSA) is 66.4 Å². The Balaban J connectivity index is 2.30. The fourth-order valence-electron chi connectivity index (χ4n) is 1.82. The molecule has 100 valence electrons. The molecule has 0 saturated heterocycles. The van der Waals surface area contributed by atoms with Crippen LogP contribution in [0.25, 0.3) is 0 Å². The Kier molecular flexibility index (Phi) is 3.70. The van der Waals surface area contributed by atoms with Crippen molar-refractivity contribution in [1.29, 1.82) is 0 Å². The summed E-state index contributed by atoms with van der Waals surface area (Å²) >= 11 is 0. The Bertz CT molecular complexity index is 540. The van der Waals surface area contributed by atoms with Gasteiger partial charge in [0.1, 0.15) is 10.7 Å². The highest BCUT2D eigenvalue weighted by atomic mass is 32.2. The number of benzene rings is 1. The van der Waals surface area contributed by atoms with Crippen molar-refractivity contribution in [2.75, 3.05) is 13.6 Å². The first-order chi connectivity index (χ1) is 8.46. The van der Waals surface area contributed by atoms with Gasteiger partial charge in [-0.05, 0) is 37.6 Å². The molecule has 0 heterocycles. The maximum absolute atomic E-state index is 13.8. The van der Waals surface area contributed by atoms with Crippen LogP contribution < -0.4 is 5.32 Å². The van der Waals surface area contributed by atoms with Gasteiger partial charge < -0.3 is 10.4 Å². The average molecular weight is 273 g/mol. The highest BCUT2D eigenvalue weighted by molar-refractivity contribution is 7.92. The van der Waals surface area contributed by atoms with Crippen LogP contribution in [0.5, 0.6) is 0 Å². The minimum Gasteiger partial charge on any atom is -0.387 e. The van der Waals surface area contributed by atoms with Crippen molar-refractivity contribution in [3.8, 4) is 0 Å². The maximum atomic E-state index is 13.8. The van der Waals surface area contributed by atoms with Crippen molar-refractivity contribution in [1.82, 2.24) is 5.32 Å². The first-order valence-corrected chi connectivity index (χ1v) is 7.37. The van der Waals surface area contributed by atoms with E-state index in [0.717, 1.165) is 6.07 Å². The van der Waals surface area contributed by atoms with Crippen LogP contribution in [0.1, 0.15) is 24.5 Å². The first kappa shape index (κ1) is 13.5. The molecule has 1 unspecified atom stereocenters. The number of rotatable bonds is 5. The molecule has 0 spiro atoms. The molecule has 4 nitrogen and oxygen atoms in total. The van der Waals surface area contributed by atoms with Crippen molar-refractivity contribution in [3.05, 3.63) is 29.6 Å². The third-order valence-corrected chi connectivity index (χ3v) is 5.30. The molecule has 1 aliphatic carbocycles. The van der Waals surface area contributed by atoms with E-state index in [9.17, 15) is 17.9 Å². The zero-order valence-electron chi connectivity index (χ0n) is 10.1. The van der Waals surface area contributed by atoms with E-state index < -0.39 is 27.0 Å². The van der Waals surface area contributed by atoms with Crippen LogP contribution in [0.15, 0.2) is 23.1 Å². The zero-order chi connectivity index (χ0) is 13.3. The lowest BCUT2D eigenvalue weighted by Crippen LogP contribution is -2.17. The van der Waals surface area contributed by atoms with Crippen LogP contribution in [0.4, 0.5) is 4.39 Å². The summed E-state index contributed by atoms with van der Waals surface area (Å²) in [5.41, 5.74) is 0.372. The van der Waals surface area contributed by atoms with Crippen molar-refractivity contribution < 1.29 is 17.9 Å². The summed E-state index contributed by atoms with van der Waals surface area (Å²) < 4.78 is 37.6. The number of aliphatic hydroxyl groups is 1. The summed E-state index contributed by atoms with van der Waals surface area (Å²) in [7, 11) is -1.85. The monoisotopic (exact) mass is 273 g/mol. The molecule has 1 aromatic rings. The standard InChI is InChI=1S/C12H16FNO3S/c1-14-7-11(15)8-2-5-12(10(13)6-8)18(16,17)9-3-4-9/h2,5-6,9,11,14-15H,3-4,7H2,1H3. The number of hydrogen-bond donors (Lipinski definition) is 2. The first-order valence-electron chi connectivity index (χ1n) is 5.83. The number of aliphatic hydroxyl groups excluding tert-OH is 1. The van der Waals surface area contributed by atoms with E-state index in [-0.39, 0.29) is 11.4 Å². The van der Waals surface area contributed by atoms with Crippen molar-refractivity contribution in [2.24, 2.45) is 0 Å². The number of nitrogens with one attached hydrogen (secondary N) is 1. The SMILES string of the molecule is CNCC(O)c1ccc(S(=O)(=O)C2CC2)c(F)c1. The second-order valence-corrected chi connectivity index (χ2v) is 6.70. The third kappa shape index (κ3) is 2.55. The molecule has 1 atom stereocenters. The van der Waals surface area contributed by atoms with E-state index in [1.165, 1.54) is 12.1 Å². The van der Waals surface area contributed by atoms with Crippen LogP contribution in [-0.4, -0.2) is 32.4 Å². The Morgan fingerprint density at radius 2 is 2.17 bits per heavy atom. The zero-order valence-corrected chi connectivity index (χ0v) is 10.9. The van der Waals surface area contributed by atoms with E-state index in [1.807, 2.05) is 0 Å². The molecular weight excluding hydrogens is 257 g/mol. The summed E-state index contributed by atoms with van der Waals surface area (Å²) in [6.07, 6.45) is 0.361. The molecule has 2 rings (SSSR count). The number of hydrogen-bond acceptors (Lipinski definition) is 4. The largest absolute Gasteiger partial charge is 0.387 e. The van der Waals surface area contributed by atoms with Gasteiger partial charge in [0.05, 0.1) is 11.4 Å². The fraction of sp³-hybridized carbons (Fsp3) is 0.500. The van der Waals surface area contributed by atoms with E-state index >= 15 is 0 Å². The van der Waals surface area contributed by atoms with Gasteiger partial charge in [-0.3, -0.25) is 0 Å². The molecular formula is C12H16FNO3S. The van der Waals surface area contributed by atoms with Gasteiger partial charge >= 0.3 is 0 Å². The minimum absolute atomic E-state index is 0.259. The molecule has 6 heteroatoms. The molecule has 0 aromatic heterocycles. The second kappa shape index (κ2) is 4.95. The molecule has 1 fully saturated rings. The molecule has 2 N–H and O–H groups in total. The maximum Gasteiger partial charge on any atom is 0.184 e. The number of likely N-dealkylation sites (N-methyl/N-ethyl adjacent to an activating group) is 1. The quantitative estimate of drug-likeness (QED) is 0.840. The summed E-state index contributed by atoms with van der Waals surface area (Å²) in [6.45, 7) is 0.286. The highest BCUT2D eigenvalue weighted by Gasteiger charge is 2.38. The van der Waals surface area contributed by atoms with Gasteiger partial charge in [-0.2, -0.15) is 0 Å². The smallest absolute Gasteiger partial charge is 0.184 e. The van der Waals surface area contributed by atoms with Gasteiger partial charge in [-0.25, -0.2) is 12.8 Å². The van der Waals surface area contributed by atoms with Crippen molar-refractivity contribution in [3.63, 3.8) is 0 Å². The van der Waals surface area contributed by atoms with Gasteiger partial charge in [0, 0.05) is 6.54 Å². The molecule has 0 radical (unpaired) electrons. The minimum atomic E-state index is -3.52. The van der Waals surface area contributed by atoms with Gasteiger partial charge in [0.15, 0.2) is 9.84 Å². The normalized spacial score (nSPS) is 17.7. The summed E-state index contributed by atoms with van der Waals surface area (Å²) in [4.78, 5) is -0.259. The lowest BCUT2D eigenvalue weighted by molar-refractivity contribution is 0.177. The molecule has 1 saturated carbocycles. The number of sulfone groups is 1. The fourth-order valence-corrected chi connectivity index (χ4v) is 3.53.